The maximum atomic E-state index is 12.9. The van der Waals surface area contributed by atoms with E-state index in [9.17, 15) is 23.6 Å². The number of nitrogens with zero attached hydrogens (tertiary/aromatic N) is 1. The molecule has 1 N–H and O–H groups in total. The average molecular weight is 357 g/mol. The number of nitriles is 1. The number of methoxy groups -OCH3 is 1. The highest BCUT2D eigenvalue weighted by Gasteiger charge is 2.77. The molecule has 128 valence electrons. The summed E-state index contributed by atoms with van der Waals surface area (Å²) in [6.45, 7) is 0. The molecule has 1 aliphatic carbocycles. The van der Waals surface area contributed by atoms with E-state index in [1.165, 1.54) is 19.2 Å². The third-order valence-electron chi connectivity index (χ3n) is 4.55. The fourth-order valence-corrected chi connectivity index (χ4v) is 5.49. The zero-order chi connectivity index (χ0) is 18.2. The zero-order valence-corrected chi connectivity index (χ0v) is 14.1. The first kappa shape index (κ1) is 17.0. The van der Waals surface area contributed by atoms with E-state index < -0.39 is 32.4 Å². The second-order valence-electron chi connectivity index (χ2n) is 5.82. The molecule has 1 aliphatic rings. The Hall–Kier alpha value is -2.85. The monoisotopic (exact) mass is 357 g/mol. The summed E-state index contributed by atoms with van der Waals surface area (Å²) in [6, 6.07) is 15.8. The highest BCUT2D eigenvalue weighted by Crippen LogP contribution is 2.64. The van der Waals surface area contributed by atoms with Gasteiger partial charge in [0.2, 0.25) is 0 Å². The first-order valence-electron chi connectivity index (χ1n) is 7.47. The maximum Gasteiger partial charge on any atom is 0.326 e. The van der Waals surface area contributed by atoms with Crippen LogP contribution in [0.5, 0.6) is 5.75 Å². The molecule has 3 unspecified atom stereocenters. The van der Waals surface area contributed by atoms with Crippen molar-refractivity contribution in [2.45, 2.75) is 16.1 Å². The molecule has 0 radical (unpaired) electrons. The van der Waals surface area contributed by atoms with Crippen LogP contribution >= 0.6 is 0 Å². The van der Waals surface area contributed by atoms with E-state index >= 15 is 0 Å². The normalized spacial score (nSPS) is 25.0. The molecule has 7 heteroatoms. The largest absolute Gasteiger partial charge is 0.497 e. The van der Waals surface area contributed by atoms with Crippen LogP contribution in [0, 0.1) is 16.7 Å². The lowest BCUT2D eigenvalue weighted by Gasteiger charge is -2.04. The van der Waals surface area contributed by atoms with Gasteiger partial charge >= 0.3 is 5.97 Å². The molecule has 2 aromatic carbocycles. The third kappa shape index (κ3) is 2.46. The van der Waals surface area contributed by atoms with Gasteiger partial charge in [0.25, 0.3) is 0 Å². The van der Waals surface area contributed by atoms with E-state index in [0.717, 1.165) is 0 Å². The van der Waals surface area contributed by atoms with Crippen molar-refractivity contribution in [2.24, 2.45) is 5.41 Å². The maximum absolute atomic E-state index is 12.9. The number of rotatable bonds is 5. The second-order valence-corrected chi connectivity index (χ2v) is 7.88. The van der Waals surface area contributed by atoms with Gasteiger partial charge in [0.05, 0.1) is 18.1 Å². The van der Waals surface area contributed by atoms with Gasteiger partial charge in [0, 0.05) is 5.92 Å². The minimum atomic E-state index is -3.98. The summed E-state index contributed by atoms with van der Waals surface area (Å²) in [7, 11) is -2.49. The number of sulfone groups is 1. The van der Waals surface area contributed by atoms with Crippen LogP contribution in [0.15, 0.2) is 59.5 Å². The van der Waals surface area contributed by atoms with E-state index in [1.807, 2.05) is 0 Å². The molecule has 0 aromatic heterocycles. The van der Waals surface area contributed by atoms with Crippen LogP contribution in [-0.2, 0) is 14.6 Å². The van der Waals surface area contributed by atoms with Gasteiger partial charge in [-0.25, -0.2) is 8.42 Å². The summed E-state index contributed by atoms with van der Waals surface area (Å²) in [6.07, 6.45) is 0. The number of hydrogen-bond acceptors (Lipinski definition) is 5. The minimum Gasteiger partial charge on any atom is -0.497 e. The topological polar surface area (TPSA) is 104 Å². The Labute approximate surface area is 145 Å². The fourth-order valence-electron chi connectivity index (χ4n) is 3.22. The van der Waals surface area contributed by atoms with Crippen molar-refractivity contribution in [3.05, 3.63) is 60.2 Å². The zero-order valence-electron chi connectivity index (χ0n) is 13.3. The van der Waals surface area contributed by atoms with Crippen molar-refractivity contribution in [3.63, 3.8) is 0 Å². The number of carboxylic acid groups (broad SMARTS) is 1. The summed E-state index contributed by atoms with van der Waals surface area (Å²) in [5.41, 5.74) is -1.52. The average Bonchev–Trinajstić information content (AvgIpc) is 3.34. The van der Waals surface area contributed by atoms with Crippen molar-refractivity contribution < 1.29 is 23.1 Å². The molecule has 3 rings (SSSR count). The third-order valence-corrected chi connectivity index (χ3v) is 6.79. The standard InChI is InChI=1S/C18H15NO5S/c1-24-13-9-7-12(8-10-13)15-16(18(15,11-19)17(20)21)25(22,23)14-5-3-2-4-6-14/h2-10,15-16H,1H3,(H,20,21). The van der Waals surface area contributed by atoms with E-state index in [0.29, 0.717) is 11.3 Å². The van der Waals surface area contributed by atoms with Gasteiger partial charge in [-0.15, -0.1) is 0 Å². The van der Waals surface area contributed by atoms with Crippen LogP contribution in [0.25, 0.3) is 0 Å². The molecular weight excluding hydrogens is 342 g/mol. The van der Waals surface area contributed by atoms with Gasteiger partial charge in [-0.05, 0) is 29.8 Å². The van der Waals surface area contributed by atoms with Crippen LogP contribution in [0.1, 0.15) is 11.5 Å². The Balaban J connectivity index is 2.10. The molecule has 0 saturated heterocycles. The Morgan fingerprint density at radius 3 is 2.24 bits per heavy atom. The Bertz CT molecular complexity index is 947. The predicted octanol–water partition coefficient (Wildman–Crippen LogP) is 2.23. The Morgan fingerprint density at radius 2 is 1.76 bits per heavy atom. The summed E-state index contributed by atoms with van der Waals surface area (Å²) in [4.78, 5) is 11.8. The molecule has 25 heavy (non-hydrogen) atoms. The molecule has 1 fully saturated rings. The number of benzene rings is 2. The minimum absolute atomic E-state index is 0.0110. The first-order valence-corrected chi connectivity index (χ1v) is 9.01. The second kappa shape index (κ2) is 5.90. The van der Waals surface area contributed by atoms with Crippen molar-refractivity contribution in [1.29, 1.82) is 5.26 Å². The van der Waals surface area contributed by atoms with Crippen LogP contribution in [0.4, 0.5) is 0 Å². The quantitative estimate of drug-likeness (QED) is 0.880. The van der Waals surface area contributed by atoms with E-state index in [4.69, 9.17) is 4.74 Å². The molecule has 0 spiro atoms. The van der Waals surface area contributed by atoms with Crippen LogP contribution in [0.2, 0.25) is 0 Å². The van der Waals surface area contributed by atoms with Gasteiger partial charge in [0.1, 0.15) is 11.0 Å². The highest BCUT2D eigenvalue weighted by molar-refractivity contribution is 7.92. The van der Waals surface area contributed by atoms with E-state index in [2.05, 4.69) is 0 Å². The summed E-state index contributed by atoms with van der Waals surface area (Å²) < 4.78 is 30.9. The molecule has 0 bridgehead atoms. The van der Waals surface area contributed by atoms with Crippen molar-refractivity contribution in [1.82, 2.24) is 0 Å². The Kier molecular flexibility index (Phi) is 4.01. The van der Waals surface area contributed by atoms with Gasteiger partial charge in [-0.2, -0.15) is 5.26 Å². The van der Waals surface area contributed by atoms with Gasteiger partial charge in [0.15, 0.2) is 15.3 Å². The van der Waals surface area contributed by atoms with E-state index in [1.54, 1.807) is 48.5 Å². The predicted molar refractivity (Wildman–Crippen MR) is 88.8 cm³/mol. The molecule has 6 nitrogen and oxygen atoms in total. The first-order chi connectivity index (χ1) is 11.9. The summed E-state index contributed by atoms with van der Waals surface area (Å²) in [5.74, 6) is -1.81. The molecule has 1 saturated carbocycles. The van der Waals surface area contributed by atoms with Gasteiger partial charge < -0.3 is 9.84 Å². The van der Waals surface area contributed by atoms with Crippen LogP contribution in [0.3, 0.4) is 0 Å². The molecule has 0 aliphatic heterocycles. The van der Waals surface area contributed by atoms with Crippen molar-refractivity contribution in [3.8, 4) is 11.8 Å². The van der Waals surface area contributed by atoms with Crippen LogP contribution in [-0.4, -0.2) is 31.9 Å². The van der Waals surface area contributed by atoms with Crippen LogP contribution < -0.4 is 4.74 Å². The van der Waals surface area contributed by atoms with Crippen molar-refractivity contribution in [2.75, 3.05) is 7.11 Å². The lowest BCUT2D eigenvalue weighted by Crippen LogP contribution is -2.22. The van der Waals surface area contributed by atoms with Gasteiger partial charge in [-0.3, -0.25) is 4.79 Å². The highest BCUT2D eigenvalue weighted by atomic mass is 32.2. The molecule has 0 heterocycles. The number of carbonyl (C=O) groups is 1. The summed E-state index contributed by atoms with van der Waals surface area (Å²) >= 11 is 0. The number of ether oxygens (including phenoxy) is 1. The number of aliphatic carboxylic acids is 1. The Morgan fingerprint density at radius 1 is 1.16 bits per heavy atom. The van der Waals surface area contributed by atoms with Crippen molar-refractivity contribution >= 4 is 15.8 Å². The molecule has 2 aromatic rings. The lowest BCUT2D eigenvalue weighted by molar-refractivity contribution is -0.141. The molecule has 3 atom stereocenters. The lowest BCUT2D eigenvalue weighted by atomic mass is 10.0. The molecule has 0 amide bonds. The fraction of sp³-hybridized carbons (Fsp3) is 0.222. The SMILES string of the molecule is COc1ccc(C2C(S(=O)(=O)c3ccccc3)C2(C#N)C(=O)O)cc1. The van der Waals surface area contributed by atoms with Gasteiger partial charge in [-0.1, -0.05) is 30.3 Å². The molecular formula is C18H15NO5S. The number of carboxylic acids is 1. The smallest absolute Gasteiger partial charge is 0.326 e. The summed E-state index contributed by atoms with van der Waals surface area (Å²) in [5, 5.41) is 17.8. The van der Waals surface area contributed by atoms with E-state index in [-0.39, 0.29) is 4.90 Å². The number of hydrogen-bond donors (Lipinski definition) is 1.